The monoisotopic (exact) mass is 624 g/mol. The fourth-order valence-electron chi connectivity index (χ4n) is 6.17. The minimum atomic E-state index is -0.253. The molecule has 0 N–H and O–H groups in total. The first kappa shape index (κ1) is 34.3. The van der Waals surface area contributed by atoms with E-state index in [2.05, 4.69) is 66.5 Å². The van der Waals surface area contributed by atoms with E-state index in [0.717, 1.165) is 76.8 Å². The second-order valence-electron chi connectivity index (χ2n) is 12.0. The van der Waals surface area contributed by atoms with Gasteiger partial charge in [0.05, 0.1) is 45.6 Å². The molecule has 3 aromatic rings. The molecule has 0 radical (unpaired) electrons. The number of ether oxygens (including phenoxy) is 3. The van der Waals surface area contributed by atoms with E-state index in [1.807, 2.05) is 29.7 Å². The molecule has 2 aromatic heterocycles. The summed E-state index contributed by atoms with van der Waals surface area (Å²) in [6, 6.07) is 11.0. The zero-order chi connectivity index (χ0) is 31.2. The third-order valence-electron chi connectivity index (χ3n) is 9.30. The Morgan fingerprint density at radius 3 is 2.64 bits per heavy atom. The lowest BCUT2D eigenvalue weighted by Gasteiger charge is -2.35. The van der Waals surface area contributed by atoms with E-state index in [1.54, 1.807) is 4.68 Å². The van der Waals surface area contributed by atoms with Gasteiger partial charge in [-0.3, -0.25) is 14.4 Å². The van der Waals surface area contributed by atoms with Gasteiger partial charge in [-0.15, -0.1) is 16.4 Å². The van der Waals surface area contributed by atoms with Gasteiger partial charge in [0, 0.05) is 17.5 Å². The molecule has 0 spiro atoms. The van der Waals surface area contributed by atoms with Crippen LogP contribution in [0.25, 0.3) is 0 Å². The highest BCUT2D eigenvalue weighted by Gasteiger charge is 2.27. The summed E-state index contributed by atoms with van der Waals surface area (Å²) < 4.78 is 19.2. The zero-order valence-corrected chi connectivity index (χ0v) is 28.1. The van der Waals surface area contributed by atoms with Crippen molar-refractivity contribution < 1.29 is 19.0 Å². The SMILES string of the molecule is CCCN(CCc1cccs1)[C@H]1CCc2c(cccc2OC(=O)CCn2cc(COCCOCC(CC)(CC)CC)nn2)C1. The van der Waals surface area contributed by atoms with Crippen LogP contribution < -0.4 is 4.74 Å². The molecule has 1 aliphatic rings. The summed E-state index contributed by atoms with van der Waals surface area (Å²) in [5.41, 5.74) is 3.49. The first-order valence-electron chi connectivity index (χ1n) is 16.6. The zero-order valence-electron chi connectivity index (χ0n) is 27.3. The first-order chi connectivity index (χ1) is 21.5. The van der Waals surface area contributed by atoms with Crippen LogP contribution >= 0.6 is 11.3 Å². The number of aromatic nitrogens is 3. The van der Waals surface area contributed by atoms with E-state index in [1.165, 1.54) is 16.0 Å². The molecule has 2 heterocycles. The van der Waals surface area contributed by atoms with Crippen molar-refractivity contribution >= 4 is 17.3 Å². The molecule has 9 heteroatoms. The van der Waals surface area contributed by atoms with Crippen molar-refractivity contribution in [3.05, 3.63) is 63.6 Å². The highest BCUT2D eigenvalue weighted by atomic mass is 32.1. The topological polar surface area (TPSA) is 78.7 Å². The Bertz CT molecular complexity index is 1250. The number of carbonyl (C=O) groups excluding carboxylic acids is 1. The molecule has 0 saturated carbocycles. The average Bonchev–Trinajstić information content (AvgIpc) is 3.74. The Balaban J connectivity index is 1.19. The van der Waals surface area contributed by atoms with Crippen LogP contribution in [0, 0.1) is 5.41 Å². The number of benzene rings is 1. The van der Waals surface area contributed by atoms with Crippen molar-refractivity contribution in [2.75, 3.05) is 32.9 Å². The predicted octanol–water partition coefficient (Wildman–Crippen LogP) is 6.90. The number of rotatable bonds is 20. The summed E-state index contributed by atoms with van der Waals surface area (Å²) in [6.45, 7) is 13.8. The largest absolute Gasteiger partial charge is 0.426 e. The van der Waals surface area contributed by atoms with Gasteiger partial charge in [-0.05, 0) is 92.0 Å². The lowest BCUT2D eigenvalue weighted by atomic mass is 9.81. The number of esters is 1. The summed E-state index contributed by atoms with van der Waals surface area (Å²) in [5, 5.41) is 10.5. The number of fused-ring (bicyclic) bond motifs is 1. The Hall–Kier alpha value is -2.59. The minimum absolute atomic E-state index is 0.227. The molecule has 0 aliphatic heterocycles. The molecule has 0 bridgehead atoms. The molecule has 0 saturated heterocycles. The molecule has 0 unspecified atom stereocenters. The highest BCUT2D eigenvalue weighted by Crippen LogP contribution is 2.32. The van der Waals surface area contributed by atoms with Crippen molar-refractivity contribution in [2.45, 2.75) is 105 Å². The second-order valence-corrected chi connectivity index (χ2v) is 13.1. The van der Waals surface area contributed by atoms with Gasteiger partial charge in [0.25, 0.3) is 0 Å². The van der Waals surface area contributed by atoms with Crippen molar-refractivity contribution in [1.82, 2.24) is 19.9 Å². The van der Waals surface area contributed by atoms with Crippen LogP contribution in [-0.4, -0.2) is 64.8 Å². The third kappa shape index (κ3) is 9.96. The fourth-order valence-corrected chi connectivity index (χ4v) is 6.86. The highest BCUT2D eigenvalue weighted by molar-refractivity contribution is 7.09. The molecule has 0 amide bonds. The van der Waals surface area contributed by atoms with Crippen LogP contribution in [0.2, 0.25) is 0 Å². The van der Waals surface area contributed by atoms with Gasteiger partial charge >= 0.3 is 5.97 Å². The van der Waals surface area contributed by atoms with Crippen LogP contribution in [0.15, 0.2) is 41.9 Å². The second kappa shape index (κ2) is 17.8. The number of thiophene rings is 1. The first-order valence-corrected chi connectivity index (χ1v) is 17.5. The quantitative estimate of drug-likeness (QED) is 0.0769. The van der Waals surface area contributed by atoms with Crippen molar-refractivity contribution in [3.63, 3.8) is 0 Å². The maximum absolute atomic E-state index is 12.8. The van der Waals surface area contributed by atoms with E-state index in [-0.39, 0.29) is 17.8 Å². The van der Waals surface area contributed by atoms with Crippen LogP contribution in [-0.2, 0) is 46.7 Å². The van der Waals surface area contributed by atoms with E-state index in [0.29, 0.717) is 38.2 Å². The van der Waals surface area contributed by atoms with Crippen molar-refractivity contribution in [1.29, 1.82) is 0 Å². The van der Waals surface area contributed by atoms with Crippen LogP contribution in [0.4, 0.5) is 0 Å². The standard InChI is InChI=1S/C35H52N4O4S/c1-5-18-38(19-16-31-12-10-23-44-31)30-14-15-32-28(24-30)11-9-13-33(32)43-34(40)17-20-39-25-29(36-37-39)26-41-21-22-42-27-35(6-2,7-3)8-4/h9-13,23,25,30H,5-8,14-22,24,26-27H2,1-4H3/t30-/m0/s1. The summed E-state index contributed by atoms with van der Waals surface area (Å²) in [6.07, 6.45) is 10.7. The normalized spacial score (nSPS) is 15.1. The Kier molecular flexibility index (Phi) is 13.9. The molecule has 1 aromatic carbocycles. The summed E-state index contributed by atoms with van der Waals surface area (Å²) in [5.74, 6) is 0.451. The minimum Gasteiger partial charge on any atom is -0.426 e. The van der Waals surface area contributed by atoms with Crippen LogP contribution in [0.3, 0.4) is 0 Å². The summed E-state index contributed by atoms with van der Waals surface area (Å²) in [7, 11) is 0. The number of nitrogens with zero attached hydrogens (tertiary/aromatic N) is 4. The molecule has 1 aliphatic carbocycles. The van der Waals surface area contributed by atoms with E-state index < -0.39 is 0 Å². The molecule has 4 rings (SSSR count). The average molecular weight is 625 g/mol. The maximum Gasteiger partial charge on any atom is 0.313 e. The predicted molar refractivity (Wildman–Crippen MR) is 176 cm³/mol. The molecule has 0 fully saturated rings. The maximum atomic E-state index is 12.8. The van der Waals surface area contributed by atoms with Gasteiger partial charge in [-0.25, -0.2) is 0 Å². The van der Waals surface area contributed by atoms with Crippen molar-refractivity contribution in [2.24, 2.45) is 5.41 Å². The van der Waals surface area contributed by atoms with Crippen LogP contribution in [0.5, 0.6) is 5.75 Å². The van der Waals surface area contributed by atoms with Gasteiger partial charge in [-0.2, -0.15) is 0 Å². The number of hydrogen-bond acceptors (Lipinski definition) is 8. The van der Waals surface area contributed by atoms with E-state index in [4.69, 9.17) is 14.2 Å². The van der Waals surface area contributed by atoms with Gasteiger partial charge in [0.1, 0.15) is 11.4 Å². The Morgan fingerprint density at radius 2 is 1.89 bits per heavy atom. The summed E-state index contributed by atoms with van der Waals surface area (Å²) >= 11 is 1.84. The number of carbonyl (C=O) groups is 1. The molecule has 44 heavy (non-hydrogen) atoms. The van der Waals surface area contributed by atoms with Gasteiger partial charge in [0.15, 0.2) is 0 Å². The molecular weight excluding hydrogens is 572 g/mol. The molecular formula is C35H52N4O4S. The van der Waals surface area contributed by atoms with Gasteiger partial charge in [-0.1, -0.05) is 51.1 Å². The van der Waals surface area contributed by atoms with Gasteiger partial charge in [0.2, 0.25) is 0 Å². The smallest absolute Gasteiger partial charge is 0.313 e. The van der Waals surface area contributed by atoms with Crippen molar-refractivity contribution in [3.8, 4) is 5.75 Å². The Labute approximate surface area is 268 Å². The Morgan fingerprint density at radius 1 is 1.07 bits per heavy atom. The van der Waals surface area contributed by atoms with Crippen LogP contribution in [0.1, 0.15) is 87.9 Å². The summed E-state index contributed by atoms with van der Waals surface area (Å²) in [4.78, 5) is 16.9. The number of aryl methyl sites for hydroxylation is 1. The molecule has 8 nitrogen and oxygen atoms in total. The van der Waals surface area contributed by atoms with E-state index >= 15 is 0 Å². The van der Waals surface area contributed by atoms with E-state index in [9.17, 15) is 4.79 Å². The number of hydrogen-bond donors (Lipinski definition) is 0. The van der Waals surface area contributed by atoms with Gasteiger partial charge < -0.3 is 14.2 Å². The third-order valence-corrected chi connectivity index (χ3v) is 10.2. The molecule has 1 atom stereocenters. The lowest BCUT2D eigenvalue weighted by molar-refractivity contribution is -0.134. The lowest BCUT2D eigenvalue weighted by Crippen LogP contribution is -2.41. The fraction of sp³-hybridized carbons (Fsp3) is 0.629. The molecule has 242 valence electrons.